The number of aryl methyl sites for hydroxylation is 1. The average molecular weight is 375 g/mol. The van der Waals surface area contributed by atoms with E-state index in [0.717, 1.165) is 27.0 Å². The number of sulfonamides is 1. The Labute approximate surface area is 150 Å². The highest BCUT2D eigenvalue weighted by molar-refractivity contribution is 7.92. The van der Waals surface area contributed by atoms with Gasteiger partial charge in [0.05, 0.1) is 28.7 Å². The molecule has 0 aliphatic rings. The number of carbonyl (C=O) groups is 1. The van der Waals surface area contributed by atoms with Crippen LogP contribution >= 0.6 is 11.3 Å². The lowest BCUT2D eigenvalue weighted by Crippen LogP contribution is -2.23. The van der Waals surface area contributed by atoms with Gasteiger partial charge in [-0.2, -0.15) is 0 Å². The van der Waals surface area contributed by atoms with Crippen molar-refractivity contribution in [1.29, 1.82) is 0 Å². The Hall–Kier alpha value is -2.45. The standard InChI is InChI=1S/C17H17N3O3S2/c1-11-7-8-12(9-14(11)20-25(2,22)23)17(21)18-10-16-19-13-5-3-4-6-15(13)24-16/h3-9,20H,10H2,1-2H3,(H,18,21). The van der Waals surface area contributed by atoms with Crippen molar-refractivity contribution in [2.45, 2.75) is 13.5 Å². The summed E-state index contributed by atoms with van der Waals surface area (Å²) in [6.45, 7) is 2.09. The van der Waals surface area contributed by atoms with Crippen LogP contribution in [0, 0.1) is 6.92 Å². The van der Waals surface area contributed by atoms with Gasteiger partial charge in [-0.1, -0.05) is 18.2 Å². The molecule has 0 aliphatic heterocycles. The minimum Gasteiger partial charge on any atom is -0.346 e. The van der Waals surface area contributed by atoms with Crippen molar-refractivity contribution in [3.05, 3.63) is 58.6 Å². The molecule has 0 atom stereocenters. The molecule has 25 heavy (non-hydrogen) atoms. The van der Waals surface area contributed by atoms with Crippen LogP contribution in [0.2, 0.25) is 0 Å². The highest BCUT2D eigenvalue weighted by Gasteiger charge is 2.11. The molecule has 2 aromatic carbocycles. The van der Waals surface area contributed by atoms with E-state index in [9.17, 15) is 13.2 Å². The third kappa shape index (κ3) is 4.34. The number of thiazole rings is 1. The van der Waals surface area contributed by atoms with E-state index in [0.29, 0.717) is 17.8 Å². The SMILES string of the molecule is Cc1ccc(C(=O)NCc2nc3ccccc3s2)cc1NS(C)(=O)=O. The van der Waals surface area contributed by atoms with Crippen LogP contribution < -0.4 is 10.0 Å². The Morgan fingerprint density at radius 3 is 2.68 bits per heavy atom. The lowest BCUT2D eigenvalue weighted by molar-refractivity contribution is 0.0951. The predicted molar refractivity (Wildman–Crippen MR) is 100 cm³/mol. The summed E-state index contributed by atoms with van der Waals surface area (Å²) in [5, 5.41) is 3.63. The molecule has 0 spiro atoms. The first-order valence-corrected chi connectivity index (χ1v) is 10.2. The van der Waals surface area contributed by atoms with Crippen LogP contribution in [0.4, 0.5) is 5.69 Å². The van der Waals surface area contributed by atoms with Crippen LogP contribution in [-0.4, -0.2) is 25.6 Å². The molecule has 0 saturated carbocycles. The van der Waals surface area contributed by atoms with Gasteiger partial charge in [-0.3, -0.25) is 9.52 Å². The van der Waals surface area contributed by atoms with E-state index < -0.39 is 10.0 Å². The normalized spacial score (nSPS) is 11.4. The molecule has 0 aliphatic carbocycles. The maximum atomic E-state index is 12.4. The fraction of sp³-hybridized carbons (Fsp3) is 0.176. The van der Waals surface area contributed by atoms with Crippen molar-refractivity contribution < 1.29 is 13.2 Å². The Bertz CT molecular complexity index is 1010. The Morgan fingerprint density at radius 1 is 1.20 bits per heavy atom. The van der Waals surface area contributed by atoms with Crippen molar-refractivity contribution in [2.75, 3.05) is 11.0 Å². The number of carbonyl (C=O) groups excluding carboxylic acids is 1. The summed E-state index contributed by atoms with van der Waals surface area (Å²) in [5.41, 5.74) is 2.44. The number of hydrogen-bond donors (Lipinski definition) is 2. The number of nitrogens with one attached hydrogen (secondary N) is 2. The van der Waals surface area contributed by atoms with Crippen LogP contribution in [-0.2, 0) is 16.6 Å². The molecule has 8 heteroatoms. The van der Waals surface area contributed by atoms with Crippen LogP contribution in [0.1, 0.15) is 20.9 Å². The molecule has 130 valence electrons. The van der Waals surface area contributed by atoms with Crippen molar-refractivity contribution >= 4 is 43.2 Å². The fourth-order valence-corrected chi connectivity index (χ4v) is 3.85. The van der Waals surface area contributed by atoms with Crippen molar-refractivity contribution in [2.24, 2.45) is 0 Å². The van der Waals surface area contributed by atoms with Crippen molar-refractivity contribution in [3.63, 3.8) is 0 Å². The summed E-state index contributed by atoms with van der Waals surface area (Å²) in [6, 6.07) is 12.7. The maximum absolute atomic E-state index is 12.4. The van der Waals surface area contributed by atoms with Gasteiger partial charge in [0.1, 0.15) is 5.01 Å². The maximum Gasteiger partial charge on any atom is 0.251 e. The van der Waals surface area contributed by atoms with Crippen LogP contribution in [0.15, 0.2) is 42.5 Å². The first-order valence-electron chi connectivity index (χ1n) is 7.53. The van der Waals surface area contributed by atoms with Gasteiger partial charge < -0.3 is 5.32 Å². The lowest BCUT2D eigenvalue weighted by Gasteiger charge is -2.10. The van der Waals surface area contributed by atoms with Gasteiger partial charge in [0.2, 0.25) is 10.0 Å². The van der Waals surface area contributed by atoms with Gasteiger partial charge in [-0.25, -0.2) is 13.4 Å². The Morgan fingerprint density at radius 2 is 1.96 bits per heavy atom. The first-order chi connectivity index (χ1) is 11.8. The molecule has 0 fully saturated rings. The van der Waals surface area contributed by atoms with E-state index in [4.69, 9.17) is 0 Å². The van der Waals surface area contributed by atoms with Crippen LogP contribution in [0.3, 0.4) is 0 Å². The van der Waals surface area contributed by atoms with Gasteiger partial charge >= 0.3 is 0 Å². The van der Waals surface area contributed by atoms with E-state index >= 15 is 0 Å². The van der Waals surface area contributed by atoms with Gasteiger partial charge in [0, 0.05) is 5.56 Å². The van der Waals surface area contributed by atoms with Crippen molar-refractivity contribution in [3.8, 4) is 0 Å². The quantitative estimate of drug-likeness (QED) is 0.718. The predicted octanol–water partition coefficient (Wildman–Crippen LogP) is 2.91. The highest BCUT2D eigenvalue weighted by Crippen LogP contribution is 2.22. The first kappa shape index (κ1) is 17.4. The largest absolute Gasteiger partial charge is 0.346 e. The zero-order valence-corrected chi connectivity index (χ0v) is 15.4. The zero-order chi connectivity index (χ0) is 18.0. The van der Waals surface area contributed by atoms with E-state index in [1.54, 1.807) is 19.1 Å². The summed E-state index contributed by atoms with van der Waals surface area (Å²) in [7, 11) is -3.40. The molecule has 1 aromatic heterocycles. The van der Waals surface area contributed by atoms with E-state index in [-0.39, 0.29) is 5.91 Å². The summed E-state index contributed by atoms with van der Waals surface area (Å²) >= 11 is 1.53. The molecule has 0 bridgehead atoms. The topological polar surface area (TPSA) is 88.2 Å². The minimum absolute atomic E-state index is 0.282. The van der Waals surface area contributed by atoms with E-state index in [1.807, 2.05) is 24.3 Å². The molecule has 2 N–H and O–H groups in total. The van der Waals surface area contributed by atoms with Gasteiger partial charge in [0.15, 0.2) is 0 Å². The van der Waals surface area contributed by atoms with Gasteiger partial charge in [-0.05, 0) is 36.8 Å². The van der Waals surface area contributed by atoms with Gasteiger partial charge in [-0.15, -0.1) is 11.3 Å². The molecule has 6 nitrogen and oxygen atoms in total. The number of fused-ring (bicyclic) bond motifs is 1. The molecule has 0 radical (unpaired) electrons. The Balaban J connectivity index is 1.73. The molecule has 1 heterocycles. The highest BCUT2D eigenvalue weighted by atomic mass is 32.2. The monoisotopic (exact) mass is 375 g/mol. The molecule has 3 rings (SSSR count). The number of benzene rings is 2. The molecule has 1 amide bonds. The van der Waals surface area contributed by atoms with Crippen LogP contribution in [0.5, 0.6) is 0 Å². The molecular weight excluding hydrogens is 358 g/mol. The number of anilines is 1. The number of rotatable bonds is 5. The second-order valence-electron chi connectivity index (χ2n) is 5.66. The Kier molecular flexibility index (Phi) is 4.73. The second kappa shape index (κ2) is 6.81. The number of amides is 1. The summed E-state index contributed by atoms with van der Waals surface area (Å²) < 4.78 is 26.3. The molecule has 0 unspecified atom stereocenters. The summed E-state index contributed by atoms with van der Waals surface area (Å²) in [4.78, 5) is 16.8. The molecular formula is C17H17N3O3S2. The molecule has 3 aromatic rings. The van der Waals surface area contributed by atoms with Crippen molar-refractivity contribution in [1.82, 2.24) is 10.3 Å². The zero-order valence-electron chi connectivity index (χ0n) is 13.7. The summed E-state index contributed by atoms with van der Waals surface area (Å²) in [5.74, 6) is -0.282. The lowest BCUT2D eigenvalue weighted by atomic mass is 10.1. The van der Waals surface area contributed by atoms with E-state index in [1.165, 1.54) is 17.4 Å². The summed E-state index contributed by atoms with van der Waals surface area (Å²) in [6.07, 6.45) is 1.08. The fourth-order valence-electron chi connectivity index (χ4n) is 2.33. The second-order valence-corrected chi connectivity index (χ2v) is 8.53. The third-order valence-corrected chi connectivity index (χ3v) is 5.16. The number of hydrogen-bond acceptors (Lipinski definition) is 5. The number of para-hydroxylation sites is 1. The minimum atomic E-state index is -3.40. The smallest absolute Gasteiger partial charge is 0.251 e. The third-order valence-electron chi connectivity index (χ3n) is 3.53. The molecule has 0 saturated heterocycles. The van der Waals surface area contributed by atoms with Gasteiger partial charge in [0.25, 0.3) is 5.91 Å². The average Bonchev–Trinajstić information content (AvgIpc) is 2.96. The van der Waals surface area contributed by atoms with Crippen LogP contribution in [0.25, 0.3) is 10.2 Å². The number of nitrogens with zero attached hydrogens (tertiary/aromatic N) is 1. The van der Waals surface area contributed by atoms with E-state index in [2.05, 4.69) is 15.0 Å². The number of aromatic nitrogens is 1.